The molecule has 3 aliphatic rings. The van der Waals surface area contributed by atoms with E-state index in [2.05, 4.69) is 16.7 Å². The van der Waals surface area contributed by atoms with Gasteiger partial charge in [0.2, 0.25) is 0 Å². The highest BCUT2D eigenvalue weighted by molar-refractivity contribution is 5.94. The second-order valence-electron chi connectivity index (χ2n) is 6.67. The van der Waals surface area contributed by atoms with Crippen LogP contribution in [0.5, 0.6) is 0 Å². The Balaban J connectivity index is 1.76. The number of benzene rings is 1. The van der Waals surface area contributed by atoms with E-state index in [1.165, 1.54) is 32.4 Å². The largest absolute Gasteiger partial charge is 0.337 e. The molecule has 3 saturated heterocycles. The molecule has 3 fully saturated rings. The summed E-state index contributed by atoms with van der Waals surface area (Å²) in [5.41, 5.74) is 2.00. The summed E-state index contributed by atoms with van der Waals surface area (Å²) >= 11 is 0. The highest BCUT2D eigenvalue weighted by Gasteiger charge is 2.36. The van der Waals surface area contributed by atoms with Crippen LogP contribution >= 0.6 is 0 Å². The lowest BCUT2D eigenvalue weighted by atomic mass is 9.95. The van der Waals surface area contributed by atoms with E-state index in [1.54, 1.807) is 0 Å². The van der Waals surface area contributed by atoms with Crippen LogP contribution in [0.25, 0.3) is 0 Å². The summed E-state index contributed by atoms with van der Waals surface area (Å²) in [5.74, 6) is 0.873. The fourth-order valence-electron chi connectivity index (χ4n) is 3.87. The lowest BCUT2D eigenvalue weighted by molar-refractivity contribution is 0.0738. The third kappa shape index (κ3) is 3.13. The second kappa shape index (κ2) is 6.18. The molecule has 0 radical (unpaired) electrons. The lowest BCUT2D eigenvalue weighted by Gasteiger charge is -2.35. The predicted molar refractivity (Wildman–Crippen MR) is 85.5 cm³/mol. The first-order chi connectivity index (χ1) is 10.2. The average Bonchev–Trinajstić information content (AvgIpc) is 2.78. The van der Waals surface area contributed by atoms with Gasteiger partial charge in [-0.2, -0.15) is 0 Å². The van der Waals surface area contributed by atoms with Gasteiger partial charge in [0.15, 0.2) is 0 Å². The number of carbonyl (C=O) groups excluding carboxylic acids is 1. The van der Waals surface area contributed by atoms with Crippen LogP contribution in [0.3, 0.4) is 0 Å². The standard InChI is InChI=1S/C18H26N2O/c1-3-9-19-11-15-7-8-17(19)13-20(12-15)18(21)16-6-4-5-14(2)10-16/h4-6,10,15,17H,3,7-9,11-13H2,1-2H3/t15-,17-/m0/s1. The first-order valence-electron chi connectivity index (χ1n) is 8.27. The van der Waals surface area contributed by atoms with E-state index in [0.29, 0.717) is 12.0 Å². The fourth-order valence-corrected chi connectivity index (χ4v) is 3.87. The van der Waals surface area contributed by atoms with E-state index in [-0.39, 0.29) is 5.91 Å². The molecule has 1 aromatic rings. The van der Waals surface area contributed by atoms with Crippen molar-refractivity contribution in [2.45, 2.75) is 39.2 Å². The van der Waals surface area contributed by atoms with Gasteiger partial charge in [0.05, 0.1) is 0 Å². The minimum atomic E-state index is 0.217. The zero-order valence-electron chi connectivity index (χ0n) is 13.2. The maximum absolute atomic E-state index is 12.8. The molecule has 0 saturated carbocycles. The molecule has 3 heteroatoms. The van der Waals surface area contributed by atoms with Gasteiger partial charge < -0.3 is 4.90 Å². The van der Waals surface area contributed by atoms with Crippen molar-refractivity contribution in [2.75, 3.05) is 26.2 Å². The van der Waals surface area contributed by atoms with Crippen LogP contribution in [0, 0.1) is 12.8 Å². The topological polar surface area (TPSA) is 23.6 Å². The molecule has 1 amide bonds. The number of rotatable bonds is 3. The number of amides is 1. The number of carbonyl (C=O) groups is 1. The summed E-state index contributed by atoms with van der Waals surface area (Å²) in [5, 5.41) is 0. The summed E-state index contributed by atoms with van der Waals surface area (Å²) < 4.78 is 0. The van der Waals surface area contributed by atoms with Crippen LogP contribution in [0.1, 0.15) is 42.1 Å². The van der Waals surface area contributed by atoms with Crippen LogP contribution in [0.2, 0.25) is 0 Å². The van der Waals surface area contributed by atoms with Crippen LogP contribution in [0.4, 0.5) is 0 Å². The van der Waals surface area contributed by atoms with Gasteiger partial charge in [0, 0.05) is 31.2 Å². The Kier molecular flexibility index (Phi) is 4.29. The number of fused-ring (bicyclic) bond motifs is 4. The van der Waals surface area contributed by atoms with Gasteiger partial charge in [-0.15, -0.1) is 0 Å². The first kappa shape index (κ1) is 14.6. The summed E-state index contributed by atoms with van der Waals surface area (Å²) in [4.78, 5) is 17.5. The van der Waals surface area contributed by atoms with Crippen molar-refractivity contribution in [1.29, 1.82) is 0 Å². The minimum absolute atomic E-state index is 0.217. The number of aryl methyl sites for hydroxylation is 1. The lowest BCUT2D eigenvalue weighted by Crippen LogP contribution is -2.44. The number of piperidine rings is 1. The Morgan fingerprint density at radius 2 is 2.10 bits per heavy atom. The van der Waals surface area contributed by atoms with E-state index >= 15 is 0 Å². The molecule has 21 heavy (non-hydrogen) atoms. The summed E-state index contributed by atoms with van der Waals surface area (Å²) in [6, 6.07) is 8.56. The van der Waals surface area contributed by atoms with E-state index < -0.39 is 0 Å². The van der Waals surface area contributed by atoms with Crippen molar-refractivity contribution < 1.29 is 4.79 Å². The van der Waals surface area contributed by atoms with Crippen molar-refractivity contribution in [3.63, 3.8) is 0 Å². The molecule has 0 aromatic heterocycles. The normalized spacial score (nSPS) is 25.9. The summed E-state index contributed by atoms with van der Waals surface area (Å²) in [6.07, 6.45) is 3.74. The van der Waals surface area contributed by atoms with Gasteiger partial charge in [-0.1, -0.05) is 24.6 Å². The highest BCUT2D eigenvalue weighted by Crippen LogP contribution is 2.28. The molecule has 3 aliphatic heterocycles. The molecule has 4 rings (SSSR count). The second-order valence-corrected chi connectivity index (χ2v) is 6.67. The summed E-state index contributed by atoms with van der Waals surface area (Å²) in [7, 11) is 0. The van der Waals surface area contributed by atoms with Gasteiger partial charge in [0.25, 0.3) is 5.91 Å². The monoisotopic (exact) mass is 286 g/mol. The van der Waals surface area contributed by atoms with Crippen LogP contribution in [-0.2, 0) is 0 Å². The van der Waals surface area contributed by atoms with Crippen molar-refractivity contribution >= 4 is 5.91 Å². The molecular formula is C18H26N2O. The van der Waals surface area contributed by atoms with E-state index in [1.807, 2.05) is 31.2 Å². The Bertz CT molecular complexity index is 514. The molecule has 0 aliphatic carbocycles. The Labute approximate surface area is 127 Å². The first-order valence-corrected chi connectivity index (χ1v) is 8.27. The molecule has 0 N–H and O–H groups in total. The smallest absolute Gasteiger partial charge is 0.253 e. The Morgan fingerprint density at radius 1 is 1.24 bits per heavy atom. The van der Waals surface area contributed by atoms with Crippen molar-refractivity contribution in [3.05, 3.63) is 35.4 Å². The van der Waals surface area contributed by atoms with Gasteiger partial charge in [0.1, 0.15) is 0 Å². The van der Waals surface area contributed by atoms with Crippen molar-refractivity contribution in [3.8, 4) is 0 Å². The summed E-state index contributed by atoms with van der Waals surface area (Å²) in [6.45, 7) is 8.48. The molecule has 2 bridgehead atoms. The van der Waals surface area contributed by atoms with Gasteiger partial charge >= 0.3 is 0 Å². The van der Waals surface area contributed by atoms with E-state index in [9.17, 15) is 4.79 Å². The molecule has 0 spiro atoms. The van der Waals surface area contributed by atoms with E-state index in [4.69, 9.17) is 0 Å². The van der Waals surface area contributed by atoms with Crippen molar-refractivity contribution in [2.24, 2.45) is 5.92 Å². The maximum atomic E-state index is 12.8. The SMILES string of the molecule is CCCN1C[C@@H]2CC[C@H]1CN(C(=O)c1cccc(C)c1)C2. The van der Waals surface area contributed by atoms with E-state index in [0.717, 1.165) is 24.2 Å². The zero-order valence-corrected chi connectivity index (χ0v) is 13.2. The Morgan fingerprint density at radius 3 is 2.86 bits per heavy atom. The van der Waals surface area contributed by atoms with Crippen LogP contribution in [0.15, 0.2) is 24.3 Å². The molecule has 2 atom stereocenters. The van der Waals surface area contributed by atoms with Crippen LogP contribution in [-0.4, -0.2) is 47.9 Å². The maximum Gasteiger partial charge on any atom is 0.253 e. The molecular weight excluding hydrogens is 260 g/mol. The number of nitrogens with zero attached hydrogens (tertiary/aromatic N) is 2. The third-order valence-electron chi connectivity index (χ3n) is 4.89. The average molecular weight is 286 g/mol. The molecule has 3 nitrogen and oxygen atoms in total. The predicted octanol–water partition coefficient (Wildman–Crippen LogP) is 2.94. The quantitative estimate of drug-likeness (QED) is 0.853. The minimum Gasteiger partial charge on any atom is -0.337 e. The zero-order chi connectivity index (χ0) is 14.8. The highest BCUT2D eigenvalue weighted by atomic mass is 16.2. The molecule has 1 aromatic carbocycles. The molecule has 114 valence electrons. The van der Waals surface area contributed by atoms with Gasteiger partial charge in [-0.25, -0.2) is 0 Å². The molecule has 0 unspecified atom stereocenters. The van der Waals surface area contributed by atoms with Gasteiger partial charge in [-0.05, 0) is 50.8 Å². The van der Waals surface area contributed by atoms with Crippen molar-refractivity contribution in [1.82, 2.24) is 9.80 Å². The van der Waals surface area contributed by atoms with Crippen LogP contribution < -0.4 is 0 Å². The van der Waals surface area contributed by atoms with Gasteiger partial charge in [-0.3, -0.25) is 9.69 Å². The fraction of sp³-hybridized carbons (Fsp3) is 0.611. The third-order valence-corrected chi connectivity index (χ3v) is 4.89. The number of hydrogen-bond donors (Lipinski definition) is 0. The molecule has 3 heterocycles. The Hall–Kier alpha value is -1.35. The number of hydrogen-bond acceptors (Lipinski definition) is 2.